The molecule has 3 rings (SSSR count). The normalized spacial score (nSPS) is 24.0. The average Bonchev–Trinajstić information content (AvgIpc) is 2.94. The molecule has 0 aliphatic carbocycles. The minimum Gasteiger partial charge on any atom is -0.355 e. The molecule has 0 spiro atoms. The molecule has 1 aromatic rings. The van der Waals surface area contributed by atoms with Gasteiger partial charge in [-0.05, 0) is 56.6 Å². The number of benzene rings is 1. The predicted octanol–water partition coefficient (Wildman–Crippen LogP) is 1.61. The van der Waals surface area contributed by atoms with Crippen molar-refractivity contribution in [3.63, 3.8) is 0 Å². The molecule has 4 nitrogen and oxygen atoms in total. The monoisotopic (exact) mass is 290 g/mol. The molecular weight excluding hydrogens is 271 g/mol. The van der Waals surface area contributed by atoms with Gasteiger partial charge in [0, 0.05) is 18.0 Å². The van der Waals surface area contributed by atoms with Crippen LogP contribution in [-0.2, 0) is 4.79 Å². The van der Waals surface area contributed by atoms with E-state index in [9.17, 15) is 14.0 Å². The van der Waals surface area contributed by atoms with Crippen LogP contribution in [0, 0.1) is 11.7 Å². The highest BCUT2D eigenvalue weighted by molar-refractivity contribution is 5.97. The van der Waals surface area contributed by atoms with Gasteiger partial charge in [0.1, 0.15) is 5.82 Å². The Bertz CT molecular complexity index is 536. The van der Waals surface area contributed by atoms with Gasteiger partial charge in [-0.25, -0.2) is 4.39 Å². The van der Waals surface area contributed by atoms with Gasteiger partial charge in [-0.1, -0.05) is 0 Å². The van der Waals surface area contributed by atoms with Crippen LogP contribution in [0.5, 0.6) is 0 Å². The summed E-state index contributed by atoms with van der Waals surface area (Å²) in [6.45, 7) is 2.29. The zero-order valence-corrected chi connectivity index (χ0v) is 11.8. The molecule has 2 saturated heterocycles. The van der Waals surface area contributed by atoms with Crippen LogP contribution in [0.3, 0.4) is 0 Å². The number of likely N-dealkylation sites (tertiary alicyclic amines) is 1. The molecule has 1 aromatic carbocycles. The Balaban J connectivity index is 1.59. The van der Waals surface area contributed by atoms with Gasteiger partial charge in [-0.2, -0.15) is 0 Å². The molecule has 2 fully saturated rings. The largest absolute Gasteiger partial charge is 0.355 e. The van der Waals surface area contributed by atoms with E-state index in [2.05, 4.69) is 10.2 Å². The Hall–Kier alpha value is -1.75. The van der Waals surface area contributed by atoms with Crippen LogP contribution in [0.4, 0.5) is 4.39 Å². The van der Waals surface area contributed by atoms with Crippen LogP contribution >= 0.6 is 0 Å². The third-order valence-electron chi connectivity index (χ3n) is 4.49. The van der Waals surface area contributed by atoms with Gasteiger partial charge in [0.15, 0.2) is 5.78 Å². The molecule has 1 amide bonds. The Morgan fingerprint density at radius 2 is 1.81 bits per heavy atom. The molecule has 0 saturated carbocycles. The Kier molecular flexibility index (Phi) is 4.01. The first-order valence-corrected chi connectivity index (χ1v) is 7.46. The number of nitrogens with one attached hydrogen (secondary N) is 1. The topological polar surface area (TPSA) is 49.4 Å². The van der Waals surface area contributed by atoms with E-state index in [4.69, 9.17) is 0 Å². The van der Waals surface area contributed by atoms with Gasteiger partial charge in [0.2, 0.25) is 5.91 Å². The number of hydrogen-bond donors (Lipinski definition) is 1. The number of ketones is 1. The molecule has 112 valence electrons. The van der Waals surface area contributed by atoms with E-state index in [0.717, 1.165) is 38.9 Å². The average molecular weight is 290 g/mol. The van der Waals surface area contributed by atoms with Crippen molar-refractivity contribution in [2.75, 3.05) is 19.6 Å². The van der Waals surface area contributed by atoms with Gasteiger partial charge in [-0.15, -0.1) is 0 Å². The van der Waals surface area contributed by atoms with Crippen LogP contribution in [0.1, 0.15) is 29.6 Å². The molecular formula is C16H19FN2O2. The van der Waals surface area contributed by atoms with Crippen LogP contribution in [0.25, 0.3) is 0 Å². The van der Waals surface area contributed by atoms with Crippen molar-refractivity contribution in [1.29, 1.82) is 0 Å². The Labute approximate surface area is 123 Å². The van der Waals surface area contributed by atoms with Crippen LogP contribution < -0.4 is 5.32 Å². The van der Waals surface area contributed by atoms with Crippen molar-refractivity contribution in [1.82, 2.24) is 10.2 Å². The number of hydrogen-bond acceptors (Lipinski definition) is 3. The summed E-state index contributed by atoms with van der Waals surface area (Å²) in [5.74, 6) is -0.145. The molecule has 0 radical (unpaired) electrons. The standard InChI is InChI=1S/C16H19FN2O2/c17-13-3-1-11(2-4-13)15(20)12-6-9-19(10-7-12)14-5-8-18-16(14)21/h1-4,12,14H,5-10H2,(H,18,21). The van der Waals surface area contributed by atoms with Crippen LogP contribution in [0.2, 0.25) is 0 Å². The maximum Gasteiger partial charge on any atom is 0.237 e. The van der Waals surface area contributed by atoms with Crippen molar-refractivity contribution in [3.8, 4) is 0 Å². The molecule has 2 aliphatic heterocycles. The number of carbonyl (C=O) groups excluding carboxylic acids is 2. The number of rotatable bonds is 3. The summed E-state index contributed by atoms with van der Waals surface area (Å²) >= 11 is 0. The Morgan fingerprint density at radius 3 is 2.38 bits per heavy atom. The molecule has 5 heteroatoms. The molecule has 2 heterocycles. The fraction of sp³-hybridized carbons (Fsp3) is 0.500. The van der Waals surface area contributed by atoms with Crippen molar-refractivity contribution in [2.45, 2.75) is 25.3 Å². The van der Waals surface area contributed by atoms with Gasteiger partial charge in [0.25, 0.3) is 0 Å². The Morgan fingerprint density at radius 1 is 1.14 bits per heavy atom. The number of halogens is 1. The van der Waals surface area contributed by atoms with Crippen molar-refractivity contribution in [2.24, 2.45) is 5.92 Å². The van der Waals surface area contributed by atoms with Crippen molar-refractivity contribution >= 4 is 11.7 Å². The molecule has 21 heavy (non-hydrogen) atoms. The number of Topliss-reactive ketones (excluding diaryl/α,β-unsaturated/α-hetero) is 1. The van der Waals surface area contributed by atoms with E-state index in [1.165, 1.54) is 12.1 Å². The van der Waals surface area contributed by atoms with Gasteiger partial charge >= 0.3 is 0 Å². The molecule has 2 aliphatic rings. The molecule has 0 aromatic heterocycles. The SMILES string of the molecule is O=C(c1ccc(F)cc1)C1CCN(C2CCNC2=O)CC1. The summed E-state index contributed by atoms with van der Waals surface area (Å²) in [6, 6.07) is 5.73. The molecule has 1 unspecified atom stereocenters. The third-order valence-corrected chi connectivity index (χ3v) is 4.49. The highest BCUT2D eigenvalue weighted by atomic mass is 19.1. The second kappa shape index (κ2) is 5.93. The first-order valence-electron chi connectivity index (χ1n) is 7.46. The zero-order chi connectivity index (χ0) is 14.8. The van der Waals surface area contributed by atoms with Crippen molar-refractivity contribution in [3.05, 3.63) is 35.6 Å². The van der Waals surface area contributed by atoms with Gasteiger partial charge < -0.3 is 5.32 Å². The summed E-state index contributed by atoms with van der Waals surface area (Å²) in [5.41, 5.74) is 0.577. The first-order chi connectivity index (χ1) is 10.1. The van der Waals surface area contributed by atoms with Crippen molar-refractivity contribution < 1.29 is 14.0 Å². The highest BCUT2D eigenvalue weighted by Crippen LogP contribution is 2.24. The quantitative estimate of drug-likeness (QED) is 0.860. The van der Waals surface area contributed by atoms with Gasteiger partial charge in [-0.3, -0.25) is 14.5 Å². The predicted molar refractivity (Wildman–Crippen MR) is 76.4 cm³/mol. The number of piperidine rings is 1. The first kappa shape index (κ1) is 14.2. The second-order valence-corrected chi connectivity index (χ2v) is 5.78. The summed E-state index contributed by atoms with van der Waals surface area (Å²) in [6.07, 6.45) is 2.38. The van der Waals surface area contributed by atoms with Crippen LogP contribution in [-0.4, -0.2) is 42.3 Å². The molecule has 1 atom stereocenters. The summed E-state index contributed by atoms with van der Waals surface area (Å²) in [4.78, 5) is 26.2. The van der Waals surface area contributed by atoms with E-state index in [1.54, 1.807) is 12.1 Å². The minimum absolute atomic E-state index is 0.0174. The fourth-order valence-electron chi connectivity index (χ4n) is 3.25. The number of amides is 1. The fourth-order valence-corrected chi connectivity index (χ4v) is 3.25. The summed E-state index contributed by atoms with van der Waals surface area (Å²) < 4.78 is 12.9. The van der Waals surface area contributed by atoms with E-state index < -0.39 is 0 Å². The number of nitrogens with zero attached hydrogens (tertiary/aromatic N) is 1. The van der Waals surface area contributed by atoms with E-state index in [0.29, 0.717) is 5.56 Å². The minimum atomic E-state index is -0.325. The highest BCUT2D eigenvalue weighted by Gasteiger charge is 2.34. The summed E-state index contributed by atoms with van der Waals surface area (Å²) in [5, 5.41) is 2.85. The zero-order valence-electron chi connectivity index (χ0n) is 11.8. The maximum atomic E-state index is 12.9. The van der Waals surface area contributed by atoms with Crippen LogP contribution in [0.15, 0.2) is 24.3 Å². The lowest BCUT2D eigenvalue weighted by Crippen LogP contribution is -2.46. The third kappa shape index (κ3) is 2.97. The lowest BCUT2D eigenvalue weighted by atomic mass is 9.88. The lowest BCUT2D eigenvalue weighted by Gasteiger charge is -2.34. The maximum absolute atomic E-state index is 12.9. The van der Waals surface area contributed by atoms with Gasteiger partial charge in [0.05, 0.1) is 6.04 Å². The lowest BCUT2D eigenvalue weighted by molar-refractivity contribution is -0.124. The van der Waals surface area contributed by atoms with E-state index in [1.807, 2.05) is 0 Å². The van der Waals surface area contributed by atoms with E-state index >= 15 is 0 Å². The second-order valence-electron chi connectivity index (χ2n) is 5.78. The van der Waals surface area contributed by atoms with E-state index in [-0.39, 0.29) is 29.5 Å². The smallest absolute Gasteiger partial charge is 0.237 e. The number of carbonyl (C=O) groups is 2. The molecule has 1 N–H and O–H groups in total. The summed E-state index contributed by atoms with van der Waals surface area (Å²) in [7, 11) is 0. The molecule has 0 bridgehead atoms.